The van der Waals surface area contributed by atoms with E-state index in [0.29, 0.717) is 6.42 Å². The Bertz CT molecular complexity index is 595. The van der Waals surface area contributed by atoms with Gasteiger partial charge in [-0.15, -0.1) is 0 Å². The minimum absolute atomic E-state index is 0.0916. The third-order valence-corrected chi connectivity index (χ3v) is 4.18. The predicted molar refractivity (Wildman–Crippen MR) is 87.4 cm³/mol. The lowest BCUT2D eigenvalue weighted by Crippen LogP contribution is -2.11. The van der Waals surface area contributed by atoms with Gasteiger partial charge < -0.3 is 4.57 Å². The maximum Gasteiger partial charge on any atom is 0.171 e. The molecular weight excluding hydrogens is 419 g/mol. The zero-order valence-electron chi connectivity index (χ0n) is 10.6. The van der Waals surface area contributed by atoms with Crippen LogP contribution in [0.1, 0.15) is 29.5 Å². The molecule has 0 radical (unpaired) electrons. The highest BCUT2D eigenvalue weighted by molar-refractivity contribution is 14.1. The molecule has 0 aliphatic heterocycles. The smallest absolute Gasteiger partial charge is 0.171 e. The van der Waals surface area contributed by atoms with Crippen LogP contribution in [0.5, 0.6) is 0 Å². The number of halogens is 2. The number of ketones is 1. The van der Waals surface area contributed by atoms with Crippen LogP contribution in [-0.2, 0) is 13.0 Å². The van der Waals surface area contributed by atoms with Gasteiger partial charge in [-0.1, -0.05) is 22.9 Å². The lowest BCUT2D eigenvalue weighted by atomic mass is 10.1. The molecule has 19 heavy (non-hydrogen) atoms. The Balaban J connectivity index is 2.21. The Morgan fingerprint density at radius 1 is 1.47 bits per heavy atom. The maximum atomic E-state index is 12.4. The van der Waals surface area contributed by atoms with E-state index in [-0.39, 0.29) is 5.78 Å². The van der Waals surface area contributed by atoms with Crippen molar-refractivity contribution >= 4 is 44.3 Å². The first-order chi connectivity index (χ1) is 9.11. The molecule has 5 heteroatoms. The predicted octanol–water partition coefficient (Wildman–Crippen LogP) is 4.09. The van der Waals surface area contributed by atoms with Gasteiger partial charge in [0.1, 0.15) is 5.82 Å². The van der Waals surface area contributed by atoms with Crippen molar-refractivity contribution in [1.82, 2.24) is 9.55 Å². The Kier molecular flexibility index (Phi) is 5.15. The molecule has 100 valence electrons. The van der Waals surface area contributed by atoms with Gasteiger partial charge in [0.15, 0.2) is 5.78 Å². The lowest BCUT2D eigenvalue weighted by molar-refractivity contribution is 0.0989. The highest BCUT2D eigenvalue weighted by Gasteiger charge is 2.14. The van der Waals surface area contributed by atoms with E-state index < -0.39 is 0 Å². The van der Waals surface area contributed by atoms with Gasteiger partial charge in [0.05, 0.1) is 6.42 Å². The Hall–Kier alpha value is -0.690. The molecular formula is C14H14BrIN2O. The number of carbonyl (C=O) groups excluding carboxylic acids is 1. The SMILES string of the molecule is CCCn1ccnc1CC(=O)c1cc(I)ccc1Br. The van der Waals surface area contributed by atoms with Gasteiger partial charge in [-0.3, -0.25) is 4.79 Å². The van der Waals surface area contributed by atoms with Gasteiger partial charge in [-0.2, -0.15) is 0 Å². The molecule has 0 atom stereocenters. The molecule has 1 aromatic carbocycles. The first kappa shape index (κ1) is 14.7. The normalized spacial score (nSPS) is 10.7. The monoisotopic (exact) mass is 432 g/mol. The summed E-state index contributed by atoms with van der Waals surface area (Å²) in [7, 11) is 0. The third-order valence-electron chi connectivity index (χ3n) is 2.81. The van der Waals surface area contributed by atoms with Crippen molar-refractivity contribution in [3.63, 3.8) is 0 Å². The Morgan fingerprint density at radius 3 is 3.00 bits per heavy atom. The second-order valence-corrected chi connectivity index (χ2v) is 6.36. The highest BCUT2D eigenvalue weighted by atomic mass is 127. The minimum atomic E-state index is 0.0916. The van der Waals surface area contributed by atoms with Crippen molar-refractivity contribution in [3.8, 4) is 0 Å². The van der Waals surface area contributed by atoms with Crippen LogP contribution in [0.25, 0.3) is 0 Å². The summed E-state index contributed by atoms with van der Waals surface area (Å²) in [6, 6.07) is 5.78. The van der Waals surface area contributed by atoms with Crippen molar-refractivity contribution < 1.29 is 4.79 Å². The molecule has 2 rings (SSSR count). The highest BCUT2D eigenvalue weighted by Crippen LogP contribution is 2.21. The number of hydrogen-bond donors (Lipinski definition) is 0. The van der Waals surface area contributed by atoms with Gasteiger partial charge in [0.25, 0.3) is 0 Å². The zero-order valence-corrected chi connectivity index (χ0v) is 14.3. The minimum Gasteiger partial charge on any atom is -0.335 e. The molecule has 0 unspecified atom stereocenters. The van der Waals surface area contributed by atoms with Crippen LogP contribution in [-0.4, -0.2) is 15.3 Å². The van der Waals surface area contributed by atoms with Gasteiger partial charge in [-0.25, -0.2) is 4.98 Å². The van der Waals surface area contributed by atoms with Crippen LogP contribution in [0, 0.1) is 3.57 Å². The van der Waals surface area contributed by atoms with Gasteiger partial charge in [-0.05, 0) is 47.2 Å². The molecule has 0 spiro atoms. The van der Waals surface area contributed by atoms with Crippen LogP contribution < -0.4 is 0 Å². The van der Waals surface area contributed by atoms with Crippen molar-refractivity contribution in [2.75, 3.05) is 0 Å². The molecule has 0 N–H and O–H groups in total. The van der Waals surface area contributed by atoms with E-state index in [1.807, 2.05) is 29.0 Å². The van der Waals surface area contributed by atoms with Crippen LogP contribution in [0.4, 0.5) is 0 Å². The summed E-state index contributed by atoms with van der Waals surface area (Å²) in [5.41, 5.74) is 0.720. The summed E-state index contributed by atoms with van der Waals surface area (Å²) in [4.78, 5) is 16.6. The molecule has 0 bridgehead atoms. The van der Waals surface area contributed by atoms with Crippen LogP contribution in [0.15, 0.2) is 35.1 Å². The van der Waals surface area contributed by atoms with Crippen molar-refractivity contribution in [3.05, 3.63) is 50.0 Å². The van der Waals surface area contributed by atoms with Crippen molar-refractivity contribution in [2.24, 2.45) is 0 Å². The van der Waals surface area contributed by atoms with E-state index in [1.54, 1.807) is 6.20 Å². The fourth-order valence-electron chi connectivity index (χ4n) is 1.90. The molecule has 0 aliphatic rings. The molecule has 0 saturated carbocycles. The summed E-state index contributed by atoms with van der Waals surface area (Å²) in [5, 5.41) is 0. The average Bonchev–Trinajstić information content (AvgIpc) is 2.80. The van der Waals surface area contributed by atoms with E-state index in [4.69, 9.17) is 0 Å². The molecule has 2 aromatic rings. The molecule has 1 aromatic heterocycles. The zero-order chi connectivity index (χ0) is 13.8. The van der Waals surface area contributed by atoms with E-state index in [1.165, 1.54) is 0 Å². The molecule has 1 heterocycles. The number of aryl methyl sites for hydroxylation is 1. The standard InChI is InChI=1S/C14H14BrIN2O/c1-2-6-18-7-5-17-14(18)9-13(19)11-8-10(16)3-4-12(11)15/h3-5,7-8H,2,6,9H2,1H3. The van der Waals surface area contributed by atoms with Crippen LogP contribution >= 0.6 is 38.5 Å². The number of aromatic nitrogens is 2. The maximum absolute atomic E-state index is 12.4. The third kappa shape index (κ3) is 3.66. The molecule has 3 nitrogen and oxygen atoms in total. The fraction of sp³-hybridized carbons (Fsp3) is 0.286. The molecule has 0 amide bonds. The Labute approximate surface area is 134 Å². The van der Waals surface area contributed by atoms with E-state index in [2.05, 4.69) is 50.4 Å². The number of benzene rings is 1. The molecule has 0 aliphatic carbocycles. The number of Topliss-reactive ketones (excluding diaryl/α,β-unsaturated/α-hetero) is 1. The number of rotatable bonds is 5. The lowest BCUT2D eigenvalue weighted by Gasteiger charge is -2.07. The summed E-state index contributed by atoms with van der Waals surface area (Å²) in [6.07, 6.45) is 5.05. The fourth-order valence-corrected chi connectivity index (χ4v) is 2.86. The number of carbonyl (C=O) groups is 1. The van der Waals surface area contributed by atoms with Crippen LogP contribution in [0.3, 0.4) is 0 Å². The molecule has 0 saturated heterocycles. The number of imidazole rings is 1. The van der Waals surface area contributed by atoms with Gasteiger partial charge in [0.2, 0.25) is 0 Å². The second kappa shape index (κ2) is 6.65. The average molecular weight is 433 g/mol. The second-order valence-electron chi connectivity index (χ2n) is 4.26. The van der Waals surface area contributed by atoms with E-state index >= 15 is 0 Å². The van der Waals surface area contributed by atoms with E-state index in [0.717, 1.165) is 32.4 Å². The largest absolute Gasteiger partial charge is 0.335 e. The summed E-state index contributed by atoms with van der Waals surface area (Å²) >= 11 is 5.64. The summed E-state index contributed by atoms with van der Waals surface area (Å²) in [5.74, 6) is 0.923. The van der Waals surface area contributed by atoms with Crippen molar-refractivity contribution in [2.45, 2.75) is 26.3 Å². The summed E-state index contributed by atoms with van der Waals surface area (Å²) < 4.78 is 3.94. The quantitative estimate of drug-likeness (QED) is 0.527. The molecule has 0 fully saturated rings. The van der Waals surface area contributed by atoms with Gasteiger partial charge >= 0.3 is 0 Å². The topological polar surface area (TPSA) is 34.9 Å². The van der Waals surface area contributed by atoms with Gasteiger partial charge in [0, 0.05) is 32.5 Å². The van der Waals surface area contributed by atoms with E-state index in [9.17, 15) is 4.79 Å². The van der Waals surface area contributed by atoms with Crippen LogP contribution in [0.2, 0.25) is 0 Å². The number of hydrogen-bond acceptors (Lipinski definition) is 2. The number of nitrogens with zero attached hydrogens (tertiary/aromatic N) is 2. The van der Waals surface area contributed by atoms with Crippen molar-refractivity contribution in [1.29, 1.82) is 0 Å². The first-order valence-corrected chi connectivity index (χ1v) is 7.97. The Morgan fingerprint density at radius 2 is 2.26 bits per heavy atom. The summed E-state index contributed by atoms with van der Waals surface area (Å²) in [6.45, 7) is 3.01. The first-order valence-electron chi connectivity index (χ1n) is 6.10.